The highest BCUT2D eigenvalue weighted by molar-refractivity contribution is 5.77. The van der Waals surface area contributed by atoms with Crippen LogP contribution in [0.15, 0.2) is 42.6 Å². The van der Waals surface area contributed by atoms with Crippen molar-refractivity contribution in [3.63, 3.8) is 0 Å². The number of hydrogen-bond donors (Lipinski definition) is 0. The van der Waals surface area contributed by atoms with E-state index in [0.29, 0.717) is 6.42 Å². The zero-order chi connectivity index (χ0) is 19.2. The van der Waals surface area contributed by atoms with E-state index >= 15 is 0 Å². The predicted octanol–water partition coefficient (Wildman–Crippen LogP) is 2.94. The van der Waals surface area contributed by atoms with Crippen LogP contribution in [0.25, 0.3) is 0 Å². The van der Waals surface area contributed by atoms with Gasteiger partial charge in [-0.1, -0.05) is 19.1 Å². The highest BCUT2D eigenvalue weighted by Gasteiger charge is 2.24. The van der Waals surface area contributed by atoms with Crippen LogP contribution >= 0.6 is 0 Å². The van der Waals surface area contributed by atoms with Crippen LogP contribution in [-0.4, -0.2) is 56.2 Å². The summed E-state index contributed by atoms with van der Waals surface area (Å²) in [5, 5.41) is 0. The number of ether oxygens (including phenoxy) is 2. The summed E-state index contributed by atoms with van der Waals surface area (Å²) in [6, 6.07) is 11.7. The quantitative estimate of drug-likeness (QED) is 0.784. The molecule has 144 valence electrons. The molecule has 2 heterocycles. The number of hydrogen-bond acceptors (Lipinski definition) is 5. The number of nitrogens with zero attached hydrogens (tertiary/aromatic N) is 3. The Bertz CT molecular complexity index is 759. The Morgan fingerprint density at radius 2 is 1.89 bits per heavy atom. The lowest BCUT2D eigenvalue weighted by atomic mass is 9.96. The van der Waals surface area contributed by atoms with E-state index in [-0.39, 0.29) is 11.8 Å². The van der Waals surface area contributed by atoms with Gasteiger partial charge in [-0.3, -0.25) is 4.79 Å². The van der Waals surface area contributed by atoms with Crippen LogP contribution in [0, 0.1) is 0 Å². The van der Waals surface area contributed by atoms with Crippen LogP contribution in [-0.2, 0) is 4.79 Å². The van der Waals surface area contributed by atoms with Crippen molar-refractivity contribution in [3.05, 3.63) is 48.2 Å². The van der Waals surface area contributed by atoms with Crippen molar-refractivity contribution in [2.24, 2.45) is 0 Å². The highest BCUT2D eigenvalue weighted by atomic mass is 16.5. The van der Waals surface area contributed by atoms with Gasteiger partial charge >= 0.3 is 0 Å². The van der Waals surface area contributed by atoms with E-state index in [9.17, 15) is 4.79 Å². The minimum atomic E-state index is 0.0761. The third-order valence-corrected chi connectivity index (χ3v) is 5.06. The molecule has 0 radical (unpaired) electrons. The molecule has 0 N–H and O–H groups in total. The second kappa shape index (κ2) is 8.75. The van der Waals surface area contributed by atoms with Crippen molar-refractivity contribution < 1.29 is 14.3 Å². The molecule has 0 spiro atoms. The van der Waals surface area contributed by atoms with Gasteiger partial charge in [0.1, 0.15) is 17.3 Å². The maximum atomic E-state index is 12.8. The number of piperazine rings is 1. The average molecular weight is 369 g/mol. The van der Waals surface area contributed by atoms with Crippen LogP contribution in [0.4, 0.5) is 5.82 Å². The van der Waals surface area contributed by atoms with Gasteiger partial charge < -0.3 is 19.3 Å². The maximum Gasteiger partial charge on any atom is 0.223 e. The van der Waals surface area contributed by atoms with Crippen molar-refractivity contribution in [1.29, 1.82) is 0 Å². The van der Waals surface area contributed by atoms with Gasteiger partial charge in [0.2, 0.25) is 5.91 Å². The van der Waals surface area contributed by atoms with Gasteiger partial charge in [-0.15, -0.1) is 0 Å². The lowest BCUT2D eigenvalue weighted by Crippen LogP contribution is -2.49. The van der Waals surface area contributed by atoms with Crippen LogP contribution in [0.5, 0.6) is 11.5 Å². The lowest BCUT2D eigenvalue weighted by Gasteiger charge is -2.36. The van der Waals surface area contributed by atoms with Gasteiger partial charge in [0, 0.05) is 44.9 Å². The third kappa shape index (κ3) is 4.51. The standard InChI is InChI=1S/C21H27N3O3/c1-16(18-8-7-17(26-2)15-19(18)27-3)14-21(25)24-12-10-23(11-13-24)20-6-4-5-9-22-20/h4-9,15-16H,10-14H2,1-3H3. The summed E-state index contributed by atoms with van der Waals surface area (Å²) in [6.07, 6.45) is 2.27. The number of benzene rings is 1. The first-order valence-corrected chi connectivity index (χ1v) is 9.28. The van der Waals surface area contributed by atoms with Crippen molar-refractivity contribution in [1.82, 2.24) is 9.88 Å². The summed E-state index contributed by atoms with van der Waals surface area (Å²) in [5.74, 6) is 2.74. The largest absolute Gasteiger partial charge is 0.497 e. The molecule has 2 aromatic rings. The topological polar surface area (TPSA) is 54.9 Å². The number of methoxy groups -OCH3 is 2. The van der Waals surface area contributed by atoms with Gasteiger partial charge in [-0.2, -0.15) is 0 Å². The molecule has 3 rings (SSSR count). The molecule has 0 saturated carbocycles. The number of amides is 1. The first kappa shape index (κ1) is 19.0. The Morgan fingerprint density at radius 1 is 1.11 bits per heavy atom. The van der Waals surface area contributed by atoms with E-state index in [0.717, 1.165) is 49.1 Å². The fraction of sp³-hybridized carbons (Fsp3) is 0.429. The molecule has 1 saturated heterocycles. The molecular weight excluding hydrogens is 342 g/mol. The van der Waals surface area contributed by atoms with Crippen molar-refractivity contribution in [2.45, 2.75) is 19.3 Å². The van der Waals surface area contributed by atoms with Crippen molar-refractivity contribution >= 4 is 11.7 Å². The van der Waals surface area contributed by atoms with Crippen molar-refractivity contribution in [3.8, 4) is 11.5 Å². The van der Waals surface area contributed by atoms with E-state index in [4.69, 9.17) is 9.47 Å². The van der Waals surface area contributed by atoms with Gasteiger partial charge in [0.25, 0.3) is 0 Å². The van der Waals surface area contributed by atoms with Gasteiger partial charge in [-0.05, 0) is 29.7 Å². The number of carbonyl (C=O) groups is 1. The minimum Gasteiger partial charge on any atom is -0.497 e. The highest BCUT2D eigenvalue weighted by Crippen LogP contribution is 2.32. The Balaban J connectivity index is 1.58. The smallest absolute Gasteiger partial charge is 0.223 e. The molecule has 6 nitrogen and oxygen atoms in total. The molecule has 1 aromatic carbocycles. The molecule has 1 aliphatic heterocycles. The summed E-state index contributed by atoms with van der Waals surface area (Å²) in [7, 11) is 3.27. The summed E-state index contributed by atoms with van der Waals surface area (Å²) >= 11 is 0. The number of carbonyl (C=O) groups excluding carboxylic acids is 1. The molecule has 0 bridgehead atoms. The number of pyridine rings is 1. The molecule has 27 heavy (non-hydrogen) atoms. The Kier molecular flexibility index (Phi) is 6.16. The SMILES string of the molecule is COc1ccc(C(C)CC(=O)N2CCN(c3ccccn3)CC2)c(OC)c1. The Hall–Kier alpha value is -2.76. The lowest BCUT2D eigenvalue weighted by molar-refractivity contribution is -0.131. The molecular formula is C21H27N3O3. The summed E-state index contributed by atoms with van der Waals surface area (Å²) < 4.78 is 10.7. The molecule has 1 atom stereocenters. The summed E-state index contributed by atoms with van der Waals surface area (Å²) in [6.45, 7) is 5.13. The zero-order valence-corrected chi connectivity index (χ0v) is 16.2. The minimum absolute atomic E-state index is 0.0761. The van der Waals surface area contributed by atoms with Gasteiger partial charge in [0.15, 0.2) is 0 Å². The van der Waals surface area contributed by atoms with E-state index in [1.165, 1.54) is 0 Å². The number of rotatable bonds is 6. The fourth-order valence-electron chi connectivity index (χ4n) is 3.45. The second-order valence-electron chi connectivity index (χ2n) is 6.77. The van der Waals surface area contributed by atoms with Crippen LogP contribution in [0.2, 0.25) is 0 Å². The average Bonchev–Trinajstić information content (AvgIpc) is 2.73. The van der Waals surface area contributed by atoms with E-state index < -0.39 is 0 Å². The van der Waals surface area contributed by atoms with E-state index in [1.54, 1.807) is 20.4 Å². The molecule has 6 heteroatoms. The number of aromatic nitrogens is 1. The molecule has 0 aliphatic carbocycles. The first-order valence-electron chi connectivity index (χ1n) is 9.28. The third-order valence-electron chi connectivity index (χ3n) is 5.06. The van der Waals surface area contributed by atoms with Gasteiger partial charge in [0.05, 0.1) is 14.2 Å². The Morgan fingerprint density at radius 3 is 2.52 bits per heavy atom. The van der Waals surface area contributed by atoms with E-state index in [2.05, 4.69) is 16.8 Å². The zero-order valence-electron chi connectivity index (χ0n) is 16.2. The van der Waals surface area contributed by atoms with Crippen LogP contribution in [0.3, 0.4) is 0 Å². The molecule has 1 unspecified atom stereocenters. The number of anilines is 1. The second-order valence-corrected chi connectivity index (χ2v) is 6.77. The fourth-order valence-corrected chi connectivity index (χ4v) is 3.45. The molecule has 1 amide bonds. The van der Waals surface area contributed by atoms with Crippen LogP contribution < -0.4 is 14.4 Å². The summed E-state index contributed by atoms with van der Waals surface area (Å²) in [4.78, 5) is 21.3. The monoisotopic (exact) mass is 369 g/mol. The predicted molar refractivity (Wildman–Crippen MR) is 106 cm³/mol. The Labute approximate surface area is 160 Å². The normalized spacial score (nSPS) is 15.4. The maximum absolute atomic E-state index is 12.8. The molecule has 1 aromatic heterocycles. The van der Waals surface area contributed by atoms with Crippen LogP contribution in [0.1, 0.15) is 24.8 Å². The van der Waals surface area contributed by atoms with Gasteiger partial charge in [-0.25, -0.2) is 4.98 Å². The molecule has 1 fully saturated rings. The first-order chi connectivity index (χ1) is 13.1. The molecule has 1 aliphatic rings. The summed E-state index contributed by atoms with van der Waals surface area (Å²) in [5.41, 5.74) is 1.03. The van der Waals surface area contributed by atoms with Crippen molar-refractivity contribution in [2.75, 3.05) is 45.3 Å². The van der Waals surface area contributed by atoms with E-state index in [1.807, 2.05) is 41.3 Å².